The highest BCUT2D eigenvalue weighted by Gasteiger charge is 2.79. The fraction of sp³-hybridized carbons (Fsp3) is 0.300. The first-order valence-electron chi connectivity index (χ1n) is 17.7. The molecule has 4 fully saturated rings. The van der Waals surface area contributed by atoms with Crippen molar-refractivity contribution in [2.24, 2.45) is 0 Å². The van der Waals surface area contributed by atoms with Crippen LogP contribution in [0.2, 0.25) is 0 Å². The average Bonchev–Trinajstić information content (AvgIpc) is 3.85. The molecule has 10 nitrogen and oxygen atoms in total. The summed E-state index contributed by atoms with van der Waals surface area (Å²) in [5.74, 6) is -2.64. The van der Waals surface area contributed by atoms with Gasteiger partial charge in [0.1, 0.15) is 48.1 Å². The van der Waals surface area contributed by atoms with Crippen molar-refractivity contribution in [2.45, 2.75) is 73.0 Å². The highest BCUT2D eigenvalue weighted by atomic mass is 19.1. The van der Waals surface area contributed by atoms with Gasteiger partial charge < -0.3 is 31.1 Å². The van der Waals surface area contributed by atoms with Gasteiger partial charge in [0, 0.05) is 35.3 Å². The Kier molecular flexibility index (Phi) is 6.48. The van der Waals surface area contributed by atoms with E-state index in [0.717, 1.165) is 11.1 Å². The molecule has 0 aliphatic carbocycles. The van der Waals surface area contributed by atoms with Gasteiger partial charge in [0.25, 0.3) is 0 Å². The first kappa shape index (κ1) is 31.0. The second kappa shape index (κ2) is 10.9. The quantitative estimate of drug-likeness (QED) is 0.254. The van der Waals surface area contributed by atoms with Crippen LogP contribution >= 0.6 is 0 Å². The fourth-order valence-electron chi connectivity index (χ4n) is 10.5. The number of amides is 4. The molecule has 0 aromatic heterocycles. The van der Waals surface area contributed by atoms with Crippen LogP contribution in [0.25, 0.3) is 0 Å². The number of fused-ring (bicyclic) bond motifs is 11. The van der Waals surface area contributed by atoms with E-state index >= 15 is 8.78 Å². The molecule has 52 heavy (non-hydrogen) atoms. The smallest absolute Gasteiger partial charge is 0.247 e. The first-order valence-corrected chi connectivity index (χ1v) is 17.7. The molecule has 4 amide bonds. The van der Waals surface area contributed by atoms with Gasteiger partial charge in [-0.25, -0.2) is 8.78 Å². The SMILES string of the molecule is O=C1N[C@@H](Cc2ccccc2)C(=O)N2[C@H]3Nc4cccc(F)c4[C@@]3([C@@]34C[C@H]5C(=O)N[C@@H](Cc6ccccc6)C(=O)N5[C@H]3Nc3cccc(F)c34)C[C@@H]12. The molecule has 4 aromatic carbocycles. The standard InChI is InChI=1S/C40H34F2N6O4/c41-23-13-7-15-25-31(23)39(19-29-33(49)43-27(17-21-9-3-1-4-10-21)35(51)47(29)37(39)45-25)40-20-30-34(50)44-28(18-22-11-5-2-6-12-22)36(52)48(30)38(40)46-26-16-8-14-24(42)32(26)40/h1-16,27-30,37-38,45-46H,17-20H2,(H,43,49)(H,44,50)/t27-,28-,29-,30-,37+,38+,39-,40+/m0/s1. The lowest BCUT2D eigenvalue weighted by Gasteiger charge is -2.48. The lowest BCUT2D eigenvalue weighted by atomic mass is 9.54. The van der Waals surface area contributed by atoms with Crippen LogP contribution in [0, 0.1) is 11.6 Å². The Balaban J connectivity index is 1.16. The number of rotatable bonds is 5. The van der Waals surface area contributed by atoms with Crippen molar-refractivity contribution >= 4 is 35.0 Å². The Labute approximate surface area is 297 Å². The van der Waals surface area contributed by atoms with Gasteiger partial charge in [0.15, 0.2) is 0 Å². The van der Waals surface area contributed by atoms with E-state index in [1.807, 2.05) is 60.7 Å². The van der Waals surface area contributed by atoms with Crippen LogP contribution in [0.5, 0.6) is 0 Å². The van der Waals surface area contributed by atoms with E-state index in [0.29, 0.717) is 11.4 Å². The monoisotopic (exact) mass is 700 g/mol. The molecule has 0 spiro atoms. The van der Waals surface area contributed by atoms with Crippen LogP contribution in [0.4, 0.5) is 20.2 Å². The van der Waals surface area contributed by atoms with E-state index in [4.69, 9.17) is 0 Å². The highest BCUT2D eigenvalue weighted by molar-refractivity contribution is 6.01. The summed E-state index contributed by atoms with van der Waals surface area (Å²) in [5, 5.41) is 12.7. The number of benzene rings is 4. The Bertz CT molecular complexity index is 2050. The summed E-state index contributed by atoms with van der Waals surface area (Å²) >= 11 is 0. The summed E-state index contributed by atoms with van der Waals surface area (Å²) in [5.41, 5.74) is -0.0105. The third kappa shape index (κ3) is 3.92. The van der Waals surface area contributed by atoms with Gasteiger partial charge in [0.2, 0.25) is 23.6 Å². The molecule has 6 heterocycles. The van der Waals surface area contributed by atoms with Crippen molar-refractivity contribution in [1.29, 1.82) is 0 Å². The largest absolute Gasteiger partial charge is 0.364 e. The summed E-state index contributed by atoms with van der Waals surface area (Å²) in [6.45, 7) is 0. The molecule has 262 valence electrons. The van der Waals surface area contributed by atoms with Crippen molar-refractivity contribution in [3.05, 3.63) is 131 Å². The minimum absolute atomic E-state index is 0.0655. The molecule has 4 aromatic rings. The maximum atomic E-state index is 16.7. The number of piperazine rings is 2. The lowest BCUT2D eigenvalue weighted by molar-refractivity contribution is -0.149. The molecule has 0 bridgehead atoms. The Morgan fingerprint density at radius 2 is 0.942 bits per heavy atom. The zero-order valence-electron chi connectivity index (χ0n) is 27.8. The molecule has 10 rings (SSSR count). The van der Waals surface area contributed by atoms with Crippen molar-refractivity contribution in [3.8, 4) is 0 Å². The minimum atomic E-state index is -1.50. The van der Waals surface area contributed by atoms with Gasteiger partial charge in [-0.05, 0) is 48.2 Å². The zero-order chi connectivity index (χ0) is 35.5. The maximum absolute atomic E-state index is 16.7. The Morgan fingerprint density at radius 3 is 1.35 bits per heavy atom. The Hall–Kier alpha value is -5.78. The van der Waals surface area contributed by atoms with Crippen molar-refractivity contribution in [3.63, 3.8) is 0 Å². The molecular weight excluding hydrogens is 666 g/mol. The number of halogens is 2. The molecule has 4 N–H and O–H groups in total. The molecule has 6 aliphatic heterocycles. The topological polar surface area (TPSA) is 123 Å². The normalized spacial score (nSPS) is 32.1. The molecular formula is C40H34F2N6O4. The van der Waals surface area contributed by atoms with E-state index < -0.39 is 70.8 Å². The maximum Gasteiger partial charge on any atom is 0.247 e. The van der Waals surface area contributed by atoms with Crippen molar-refractivity contribution in [1.82, 2.24) is 20.4 Å². The summed E-state index contributed by atoms with van der Waals surface area (Å²) in [6, 6.07) is 24.1. The van der Waals surface area contributed by atoms with Crippen LogP contribution in [-0.4, -0.2) is 69.9 Å². The fourth-order valence-corrected chi connectivity index (χ4v) is 10.5. The van der Waals surface area contributed by atoms with Gasteiger partial charge in [-0.3, -0.25) is 19.2 Å². The second-order valence-electron chi connectivity index (χ2n) is 14.8. The van der Waals surface area contributed by atoms with E-state index in [-0.39, 0.29) is 48.6 Å². The average molecular weight is 701 g/mol. The van der Waals surface area contributed by atoms with Crippen LogP contribution in [0.3, 0.4) is 0 Å². The number of hydrogen-bond donors (Lipinski definition) is 4. The third-order valence-corrected chi connectivity index (χ3v) is 12.4. The van der Waals surface area contributed by atoms with Crippen LogP contribution in [-0.2, 0) is 42.8 Å². The number of nitrogens with one attached hydrogen (secondary N) is 4. The molecule has 12 heteroatoms. The molecule has 4 saturated heterocycles. The van der Waals surface area contributed by atoms with Crippen LogP contribution < -0.4 is 21.3 Å². The van der Waals surface area contributed by atoms with Gasteiger partial charge in [0.05, 0.1) is 10.8 Å². The summed E-state index contributed by atoms with van der Waals surface area (Å²) in [6.07, 6.45) is -1.65. The lowest BCUT2D eigenvalue weighted by Crippen LogP contribution is -2.67. The number of carbonyl (C=O) groups excluding carboxylic acids is 4. The minimum Gasteiger partial charge on any atom is -0.364 e. The number of carbonyl (C=O) groups is 4. The van der Waals surface area contributed by atoms with E-state index in [2.05, 4.69) is 21.3 Å². The molecule has 0 saturated carbocycles. The Morgan fingerprint density at radius 1 is 0.538 bits per heavy atom. The first-order chi connectivity index (χ1) is 25.2. The van der Waals surface area contributed by atoms with E-state index in [1.165, 1.54) is 21.9 Å². The van der Waals surface area contributed by atoms with Gasteiger partial charge >= 0.3 is 0 Å². The summed E-state index contributed by atoms with van der Waals surface area (Å²) in [7, 11) is 0. The van der Waals surface area contributed by atoms with Crippen molar-refractivity contribution in [2.75, 3.05) is 10.6 Å². The van der Waals surface area contributed by atoms with E-state index in [1.54, 1.807) is 24.3 Å². The highest BCUT2D eigenvalue weighted by Crippen LogP contribution is 2.69. The predicted octanol–water partition coefficient (Wildman–Crippen LogP) is 3.33. The summed E-state index contributed by atoms with van der Waals surface area (Å²) < 4.78 is 33.4. The third-order valence-electron chi connectivity index (χ3n) is 12.4. The number of anilines is 2. The van der Waals surface area contributed by atoms with Crippen molar-refractivity contribution < 1.29 is 28.0 Å². The zero-order valence-corrected chi connectivity index (χ0v) is 27.8. The second-order valence-corrected chi connectivity index (χ2v) is 14.8. The van der Waals surface area contributed by atoms with Crippen LogP contribution in [0.15, 0.2) is 97.1 Å². The van der Waals surface area contributed by atoms with Gasteiger partial charge in [-0.15, -0.1) is 0 Å². The predicted molar refractivity (Wildman–Crippen MR) is 186 cm³/mol. The van der Waals surface area contributed by atoms with E-state index in [9.17, 15) is 19.2 Å². The molecule has 8 atom stereocenters. The van der Waals surface area contributed by atoms with Crippen LogP contribution in [0.1, 0.15) is 35.1 Å². The molecule has 0 unspecified atom stereocenters. The molecule has 0 radical (unpaired) electrons. The molecule has 6 aliphatic rings. The van der Waals surface area contributed by atoms with Gasteiger partial charge in [-0.1, -0.05) is 72.8 Å². The number of hydrogen-bond acceptors (Lipinski definition) is 6. The summed E-state index contributed by atoms with van der Waals surface area (Å²) in [4.78, 5) is 60.6. The number of nitrogens with zero attached hydrogens (tertiary/aromatic N) is 2. The van der Waals surface area contributed by atoms with Gasteiger partial charge in [-0.2, -0.15) is 0 Å².